The summed E-state index contributed by atoms with van der Waals surface area (Å²) in [6, 6.07) is 18.8. The maximum Gasteiger partial charge on any atom is 0.226 e. The van der Waals surface area contributed by atoms with Gasteiger partial charge in [0.15, 0.2) is 0 Å². The van der Waals surface area contributed by atoms with Crippen LogP contribution in [0.4, 0.5) is 0 Å². The molecule has 2 aromatic rings. The molecule has 1 aliphatic carbocycles. The zero-order chi connectivity index (χ0) is 20.2. The van der Waals surface area contributed by atoms with E-state index in [0.717, 1.165) is 37.9 Å². The minimum atomic E-state index is -0.144. The molecule has 1 saturated carbocycles. The first kappa shape index (κ1) is 19.7. The van der Waals surface area contributed by atoms with E-state index in [1.54, 1.807) is 0 Å². The molecule has 1 N–H and O–H groups in total. The monoisotopic (exact) mass is 390 g/mol. The molecule has 2 aliphatic rings. The highest BCUT2D eigenvalue weighted by molar-refractivity contribution is 5.92. The number of hydrogen-bond acceptors (Lipinski definition) is 2. The largest absolute Gasteiger partial charge is 0.352 e. The van der Waals surface area contributed by atoms with Gasteiger partial charge in [0.25, 0.3) is 0 Å². The number of hydrogen-bond donors (Lipinski definition) is 1. The van der Waals surface area contributed by atoms with Crippen LogP contribution in [0.5, 0.6) is 0 Å². The molecule has 0 aromatic heterocycles. The molecule has 2 unspecified atom stereocenters. The van der Waals surface area contributed by atoms with Crippen molar-refractivity contribution in [2.45, 2.75) is 39.2 Å². The lowest BCUT2D eigenvalue weighted by molar-refractivity contribution is -0.136. The molecule has 0 spiro atoms. The van der Waals surface area contributed by atoms with Gasteiger partial charge < -0.3 is 10.2 Å². The van der Waals surface area contributed by atoms with Crippen molar-refractivity contribution in [1.29, 1.82) is 0 Å². The van der Waals surface area contributed by atoms with Gasteiger partial charge in [0.05, 0.1) is 11.8 Å². The standard InChI is InChI=1S/C25H30N2O2/c1-18-7-9-21(10-8-18)17-26-24(28)22-16-23(22)25(29)27-13-11-20(12-14-27)15-19-5-3-2-4-6-19/h2-10,20,22-23H,11-17H2,1H3,(H,26,28). The van der Waals surface area contributed by atoms with Crippen LogP contribution in [0.25, 0.3) is 0 Å². The number of nitrogens with zero attached hydrogens (tertiary/aromatic N) is 1. The Labute approximate surface area is 173 Å². The molecule has 29 heavy (non-hydrogen) atoms. The molecule has 0 bridgehead atoms. The molecular formula is C25H30N2O2. The lowest BCUT2D eigenvalue weighted by Gasteiger charge is -2.32. The zero-order valence-corrected chi connectivity index (χ0v) is 17.1. The van der Waals surface area contributed by atoms with E-state index in [-0.39, 0.29) is 23.7 Å². The fourth-order valence-electron chi connectivity index (χ4n) is 4.32. The van der Waals surface area contributed by atoms with E-state index >= 15 is 0 Å². The summed E-state index contributed by atoms with van der Waals surface area (Å²) in [6.07, 6.45) is 3.90. The SMILES string of the molecule is Cc1ccc(CNC(=O)C2CC2C(=O)N2CCC(Cc3ccccc3)CC2)cc1. The highest BCUT2D eigenvalue weighted by Gasteiger charge is 2.49. The Bertz CT molecular complexity index is 839. The van der Waals surface area contributed by atoms with Gasteiger partial charge in [0, 0.05) is 19.6 Å². The van der Waals surface area contributed by atoms with Crippen molar-refractivity contribution in [3.63, 3.8) is 0 Å². The Morgan fingerprint density at radius 3 is 2.31 bits per heavy atom. The maximum atomic E-state index is 12.8. The molecule has 4 nitrogen and oxygen atoms in total. The highest BCUT2D eigenvalue weighted by Crippen LogP contribution is 2.41. The summed E-state index contributed by atoms with van der Waals surface area (Å²) in [5.41, 5.74) is 3.68. The first-order valence-corrected chi connectivity index (χ1v) is 10.8. The minimum absolute atomic E-state index is 0.0166. The van der Waals surface area contributed by atoms with Crippen LogP contribution >= 0.6 is 0 Å². The molecule has 2 aromatic carbocycles. The molecule has 4 heteroatoms. The Balaban J connectivity index is 1.20. The third kappa shape index (κ3) is 5.06. The molecule has 2 amide bonds. The predicted octanol–water partition coefficient (Wildman–Crippen LogP) is 3.73. The first-order valence-electron chi connectivity index (χ1n) is 10.8. The number of carbonyl (C=O) groups excluding carboxylic acids is 2. The Morgan fingerprint density at radius 2 is 1.62 bits per heavy atom. The summed E-state index contributed by atoms with van der Waals surface area (Å²) in [4.78, 5) is 27.2. The average molecular weight is 391 g/mol. The van der Waals surface area contributed by atoms with Gasteiger partial charge in [-0.3, -0.25) is 9.59 Å². The maximum absolute atomic E-state index is 12.8. The lowest BCUT2D eigenvalue weighted by atomic mass is 9.90. The average Bonchev–Trinajstić information content (AvgIpc) is 3.55. The van der Waals surface area contributed by atoms with E-state index in [1.807, 2.05) is 42.2 Å². The summed E-state index contributed by atoms with van der Waals surface area (Å²) in [7, 11) is 0. The molecule has 0 radical (unpaired) electrons. The highest BCUT2D eigenvalue weighted by atomic mass is 16.2. The number of benzene rings is 2. The van der Waals surface area contributed by atoms with Crippen LogP contribution in [0, 0.1) is 24.7 Å². The van der Waals surface area contributed by atoms with Crippen LogP contribution in [-0.4, -0.2) is 29.8 Å². The van der Waals surface area contributed by atoms with Gasteiger partial charge in [0.2, 0.25) is 11.8 Å². The molecule has 1 aliphatic heterocycles. The first-order chi connectivity index (χ1) is 14.1. The zero-order valence-electron chi connectivity index (χ0n) is 17.1. The lowest BCUT2D eigenvalue weighted by Crippen LogP contribution is -2.40. The van der Waals surface area contributed by atoms with Crippen LogP contribution in [0.15, 0.2) is 54.6 Å². The summed E-state index contributed by atoms with van der Waals surface area (Å²) in [6.45, 7) is 4.23. The van der Waals surface area contributed by atoms with E-state index in [9.17, 15) is 9.59 Å². The molecular weight excluding hydrogens is 360 g/mol. The van der Waals surface area contributed by atoms with E-state index < -0.39 is 0 Å². The predicted molar refractivity (Wildman–Crippen MR) is 114 cm³/mol. The van der Waals surface area contributed by atoms with Gasteiger partial charge >= 0.3 is 0 Å². The quantitative estimate of drug-likeness (QED) is 0.817. The van der Waals surface area contributed by atoms with Crippen LogP contribution < -0.4 is 5.32 Å². The minimum Gasteiger partial charge on any atom is -0.352 e. The Morgan fingerprint density at radius 1 is 0.931 bits per heavy atom. The van der Waals surface area contributed by atoms with Crippen molar-refractivity contribution >= 4 is 11.8 Å². The smallest absolute Gasteiger partial charge is 0.226 e. The van der Waals surface area contributed by atoms with Crippen molar-refractivity contribution in [3.8, 4) is 0 Å². The third-order valence-electron chi connectivity index (χ3n) is 6.33. The van der Waals surface area contributed by atoms with E-state index in [4.69, 9.17) is 0 Å². The molecule has 152 valence electrons. The molecule has 1 saturated heterocycles. The van der Waals surface area contributed by atoms with Crippen molar-refractivity contribution in [3.05, 3.63) is 71.3 Å². The number of likely N-dealkylation sites (tertiary alicyclic amines) is 1. The van der Waals surface area contributed by atoms with Crippen LogP contribution in [0.2, 0.25) is 0 Å². The second kappa shape index (κ2) is 8.81. The normalized spacial score (nSPS) is 21.6. The van der Waals surface area contributed by atoms with Gasteiger partial charge in [-0.25, -0.2) is 0 Å². The number of aryl methyl sites for hydroxylation is 1. The van der Waals surface area contributed by atoms with E-state index in [0.29, 0.717) is 18.9 Å². The van der Waals surface area contributed by atoms with Crippen LogP contribution in [0.3, 0.4) is 0 Å². The number of piperidine rings is 1. The van der Waals surface area contributed by atoms with Gasteiger partial charge in [-0.2, -0.15) is 0 Å². The van der Waals surface area contributed by atoms with Crippen LogP contribution in [-0.2, 0) is 22.6 Å². The van der Waals surface area contributed by atoms with E-state index in [2.05, 4.69) is 29.6 Å². The summed E-state index contributed by atoms with van der Waals surface area (Å²) < 4.78 is 0. The van der Waals surface area contributed by atoms with Crippen molar-refractivity contribution in [2.24, 2.45) is 17.8 Å². The second-order valence-corrected chi connectivity index (χ2v) is 8.61. The second-order valence-electron chi connectivity index (χ2n) is 8.61. The van der Waals surface area contributed by atoms with Crippen LogP contribution in [0.1, 0.15) is 36.0 Å². The van der Waals surface area contributed by atoms with Gasteiger partial charge in [-0.15, -0.1) is 0 Å². The van der Waals surface area contributed by atoms with Crippen molar-refractivity contribution < 1.29 is 9.59 Å². The molecule has 2 atom stereocenters. The number of rotatable bonds is 6. The fraction of sp³-hybridized carbons (Fsp3) is 0.440. The Hall–Kier alpha value is -2.62. The number of carbonyl (C=O) groups is 2. The number of amides is 2. The third-order valence-corrected chi connectivity index (χ3v) is 6.33. The summed E-state index contributed by atoms with van der Waals surface area (Å²) in [5, 5.41) is 2.99. The molecule has 2 fully saturated rings. The topological polar surface area (TPSA) is 49.4 Å². The Kier molecular flexibility index (Phi) is 5.98. The van der Waals surface area contributed by atoms with Gasteiger partial charge in [0.1, 0.15) is 0 Å². The summed E-state index contributed by atoms with van der Waals surface area (Å²) in [5.74, 6) is 0.587. The number of nitrogens with one attached hydrogen (secondary N) is 1. The van der Waals surface area contributed by atoms with Crippen molar-refractivity contribution in [1.82, 2.24) is 10.2 Å². The fourth-order valence-corrected chi connectivity index (χ4v) is 4.32. The van der Waals surface area contributed by atoms with E-state index in [1.165, 1.54) is 11.1 Å². The molecule has 1 heterocycles. The van der Waals surface area contributed by atoms with Gasteiger partial charge in [-0.1, -0.05) is 60.2 Å². The summed E-state index contributed by atoms with van der Waals surface area (Å²) >= 11 is 0. The molecule has 4 rings (SSSR count). The van der Waals surface area contributed by atoms with Crippen molar-refractivity contribution in [2.75, 3.05) is 13.1 Å². The van der Waals surface area contributed by atoms with Gasteiger partial charge in [-0.05, 0) is 49.7 Å².